The van der Waals surface area contributed by atoms with Crippen LogP contribution < -0.4 is 10.6 Å². The molecule has 0 radical (unpaired) electrons. The molecule has 4 fully saturated rings. The summed E-state index contributed by atoms with van der Waals surface area (Å²) in [6, 6.07) is 22.5. The number of hydrogen-bond acceptors (Lipinski definition) is 9. The molecule has 0 spiro atoms. The molecule has 2 bridgehead atoms. The van der Waals surface area contributed by atoms with Crippen LogP contribution in [0.15, 0.2) is 91.1 Å². The summed E-state index contributed by atoms with van der Waals surface area (Å²) in [6.45, 7) is 1.49. The first-order valence-corrected chi connectivity index (χ1v) is 24.8. The fraction of sp³-hybridized carbons (Fsp3) is 0.385. The second-order valence-corrected chi connectivity index (χ2v) is 19.8. The van der Waals surface area contributed by atoms with Crippen LogP contribution in [0.2, 0.25) is 0 Å². The minimum Gasteiger partial charge on any atom is -0.453 e. The highest BCUT2D eigenvalue weighted by molar-refractivity contribution is 14.1. The van der Waals surface area contributed by atoms with E-state index < -0.39 is 36.2 Å². The van der Waals surface area contributed by atoms with Gasteiger partial charge >= 0.3 is 12.2 Å². The smallest absolute Gasteiger partial charge is 0.407 e. The number of aromatic nitrogens is 4. The van der Waals surface area contributed by atoms with Gasteiger partial charge in [-0.3, -0.25) is 12.4 Å². The molecule has 3 aliphatic heterocycles. The molecule has 3 saturated heterocycles. The summed E-state index contributed by atoms with van der Waals surface area (Å²) >= 11 is 2.24. The Balaban J connectivity index is 0.842. The van der Waals surface area contributed by atoms with Gasteiger partial charge in [0.25, 0.3) is 11.8 Å². The maximum atomic E-state index is 16.8. The van der Waals surface area contributed by atoms with Crippen molar-refractivity contribution in [1.82, 2.24) is 38.2 Å². The van der Waals surface area contributed by atoms with E-state index in [0.29, 0.717) is 84.8 Å². The van der Waals surface area contributed by atoms with Gasteiger partial charge in [0, 0.05) is 42.5 Å². The highest BCUT2D eigenvalue weighted by Crippen LogP contribution is 2.54. The predicted molar refractivity (Wildman–Crippen MR) is 263 cm³/mol. The Morgan fingerprint density at radius 1 is 0.829 bits per heavy atom. The highest BCUT2D eigenvalue weighted by Gasteiger charge is 2.53. The number of halogens is 3. The second-order valence-electron chi connectivity index (χ2n) is 18.9. The minimum atomic E-state index is -3.31. The largest absolute Gasteiger partial charge is 0.453 e. The number of alkyl carbamates (subject to hydrolysis) is 2. The first-order valence-electron chi connectivity index (χ1n) is 23.8. The maximum Gasteiger partial charge on any atom is 0.407 e. The van der Waals surface area contributed by atoms with Gasteiger partial charge < -0.3 is 39.6 Å². The van der Waals surface area contributed by atoms with Gasteiger partial charge in [-0.15, -0.1) is 0 Å². The lowest BCUT2D eigenvalue weighted by Crippen LogP contribution is -2.55. The quantitative estimate of drug-likeness (QED) is 0.113. The van der Waals surface area contributed by atoms with E-state index in [4.69, 9.17) is 19.2 Å². The van der Waals surface area contributed by atoms with E-state index in [1.165, 1.54) is 20.3 Å². The van der Waals surface area contributed by atoms with Gasteiger partial charge in [-0.25, -0.2) is 19.6 Å². The van der Waals surface area contributed by atoms with Crippen molar-refractivity contribution in [2.24, 2.45) is 11.8 Å². The van der Waals surface area contributed by atoms with Crippen LogP contribution in [0.5, 0.6) is 0 Å². The number of benzene rings is 4. The van der Waals surface area contributed by atoms with E-state index in [9.17, 15) is 19.2 Å². The Hall–Kier alpha value is -6.41. The molecule has 6 aromatic rings. The van der Waals surface area contributed by atoms with Crippen LogP contribution in [0.3, 0.4) is 0 Å². The number of alkyl halides is 2. The number of hydrogen-bond donors (Lipinski definition) is 3. The Morgan fingerprint density at radius 2 is 1.51 bits per heavy atom. The molecule has 5 aliphatic rings. The molecule has 2 aromatic heterocycles. The van der Waals surface area contributed by atoms with E-state index in [1.54, 1.807) is 59.6 Å². The van der Waals surface area contributed by atoms with Gasteiger partial charge in [-0.05, 0) is 109 Å². The normalized spacial score (nSPS) is 22.1. The SMILES string of the molecule is COC(=O)N[C@H](C(=O)N1C(c2nc3ccc(-c4ccc5c(c4)C(F)(F)c4cc(-c6cnc([C@@H]7CCCN7C(=O)[C@H](NC(=O)OC)c7ccccc7)[nH]6)ccc4-5)cc3n2I)[C@H]2CC[C@@H]1C2)C1CCOCC1. The van der Waals surface area contributed by atoms with Crippen LogP contribution in [-0.4, -0.2) is 97.6 Å². The number of fused-ring (bicyclic) bond motifs is 6. The van der Waals surface area contributed by atoms with Crippen molar-refractivity contribution in [3.05, 3.63) is 119 Å². The summed E-state index contributed by atoms with van der Waals surface area (Å²) in [5.74, 6) is -2.36. The topological polar surface area (TPSA) is 173 Å². The lowest BCUT2D eigenvalue weighted by Gasteiger charge is -2.39. The van der Waals surface area contributed by atoms with Crippen LogP contribution in [0, 0.1) is 11.8 Å². The number of carbonyl (C=O) groups excluding carboxylic acids is 4. The fourth-order valence-electron chi connectivity index (χ4n) is 11.7. The van der Waals surface area contributed by atoms with E-state index in [1.807, 2.05) is 38.0 Å². The Bertz CT molecular complexity index is 3030. The second kappa shape index (κ2) is 18.4. The number of ether oxygens (including phenoxy) is 3. The lowest BCUT2D eigenvalue weighted by molar-refractivity contribution is -0.140. The number of imidazole rings is 2. The van der Waals surface area contributed by atoms with E-state index in [-0.39, 0.29) is 46.9 Å². The highest BCUT2D eigenvalue weighted by atomic mass is 127. The number of amides is 4. The van der Waals surface area contributed by atoms with Crippen LogP contribution >= 0.6 is 22.9 Å². The van der Waals surface area contributed by atoms with Crippen LogP contribution in [-0.2, 0) is 29.7 Å². The number of carbonyl (C=O) groups is 4. The zero-order valence-electron chi connectivity index (χ0n) is 38.5. The molecule has 18 heteroatoms. The fourth-order valence-corrected chi connectivity index (χ4v) is 12.4. The van der Waals surface area contributed by atoms with E-state index in [0.717, 1.165) is 41.7 Å². The van der Waals surface area contributed by atoms with Crippen LogP contribution in [0.1, 0.15) is 91.4 Å². The van der Waals surface area contributed by atoms with Crippen LogP contribution in [0.4, 0.5) is 18.4 Å². The summed E-state index contributed by atoms with van der Waals surface area (Å²) in [5, 5.41) is 5.54. The third-order valence-corrected chi connectivity index (χ3v) is 16.1. The molecule has 1 unspecified atom stereocenters. The number of rotatable bonds is 10. The Morgan fingerprint density at radius 3 is 2.26 bits per heavy atom. The molecule has 4 aromatic carbocycles. The van der Waals surface area contributed by atoms with Crippen LogP contribution in [0.25, 0.3) is 44.5 Å². The van der Waals surface area contributed by atoms with Gasteiger partial charge in [-0.2, -0.15) is 8.78 Å². The molecule has 4 amide bonds. The third kappa shape index (κ3) is 7.96. The van der Waals surface area contributed by atoms with Gasteiger partial charge in [0.2, 0.25) is 5.91 Å². The maximum absolute atomic E-state index is 16.8. The molecule has 15 nitrogen and oxygen atoms in total. The van der Waals surface area contributed by atoms with Crippen molar-refractivity contribution in [3.63, 3.8) is 0 Å². The molecule has 5 heterocycles. The van der Waals surface area contributed by atoms with Gasteiger partial charge in [-0.1, -0.05) is 60.7 Å². The first kappa shape index (κ1) is 46.0. The first-order chi connectivity index (χ1) is 33.9. The number of likely N-dealkylation sites (tertiary alicyclic amines) is 2. The molecular formula is C52H51F2IN8O7. The van der Waals surface area contributed by atoms with Crippen molar-refractivity contribution < 1.29 is 42.2 Å². The molecule has 11 rings (SSSR count). The van der Waals surface area contributed by atoms with Gasteiger partial charge in [0.1, 0.15) is 23.7 Å². The monoisotopic (exact) mass is 1060 g/mol. The average molecular weight is 1060 g/mol. The van der Waals surface area contributed by atoms with Crippen molar-refractivity contribution in [2.45, 2.75) is 81.1 Å². The number of nitrogens with zero attached hydrogens (tertiary/aromatic N) is 5. The summed E-state index contributed by atoms with van der Waals surface area (Å²) in [5.41, 5.74) is 5.29. The molecule has 6 atom stereocenters. The van der Waals surface area contributed by atoms with Crippen molar-refractivity contribution in [3.8, 4) is 33.5 Å². The number of piperidine rings is 1. The summed E-state index contributed by atoms with van der Waals surface area (Å²) in [6.07, 6.45) is 5.58. The number of methoxy groups -OCH3 is 2. The number of aromatic amines is 1. The molecule has 70 heavy (non-hydrogen) atoms. The van der Waals surface area contributed by atoms with Gasteiger partial charge in [0.05, 0.1) is 72.1 Å². The number of nitrogens with one attached hydrogen (secondary N) is 3. The molecule has 2 aliphatic carbocycles. The summed E-state index contributed by atoms with van der Waals surface area (Å²) in [4.78, 5) is 70.3. The van der Waals surface area contributed by atoms with Crippen molar-refractivity contribution in [1.29, 1.82) is 0 Å². The summed E-state index contributed by atoms with van der Waals surface area (Å²) < 4.78 is 50.9. The predicted octanol–water partition coefficient (Wildman–Crippen LogP) is 9.38. The zero-order valence-corrected chi connectivity index (χ0v) is 40.7. The zero-order chi connectivity index (χ0) is 48.4. The van der Waals surface area contributed by atoms with E-state index in [2.05, 4.69) is 43.5 Å². The van der Waals surface area contributed by atoms with Gasteiger partial charge in [0.15, 0.2) is 0 Å². The Kier molecular flexibility index (Phi) is 12.1. The lowest BCUT2D eigenvalue weighted by atomic mass is 9.89. The van der Waals surface area contributed by atoms with Crippen molar-refractivity contribution >= 4 is 57.9 Å². The Labute approximate surface area is 416 Å². The standard InChI is InChI=1S/C52H51F2IN8O7/c1-68-50(66)59-43(28-7-4-3-5-8-28)48(64)61-20-6-9-41(61)46-56-27-40(57-46)32-12-16-36-35-15-11-30(24-37(35)52(53,54)38(36)25-32)31-13-17-39-42(26-31)63(55)47(58-39)45-33-10-14-34(23-33)62(45)49(65)44(60-51(67)69-2)29-18-21-70-22-19-29/h3-5,7-8,11-13,15-17,24-27,29,33-34,41,43-45H,6,9-10,14,18-23H2,1-2H3,(H,56,57)(H,59,66)(H,60,67)/t33-,34+,41-,43+,44-,45?/m0/s1. The molecular weight excluding hydrogens is 1010 g/mol. The average Bonchev–Trinajstić information content (AvgIpc) is 4.28. The minimum absolute atomic E-state index is 0.0271. The van der Waals surface area contributed by atoms with Crippen molar-refractivity contribution in [2.75, 3.05) is 34.0 Å². The number of H-pyrrole nitrogens is 1. The molecule has 362 valence electrons. The molecule has 3 N–H and O–H groups in total. The molecule has 1 saturated carbocycles. The summed E-state index contributed by atoms with van der Waals surface area (Å²) in [7, 11) is 2.54. The third-order valence-electron chi connectivity index (χ3n) is 15.1. The van der Waals surface area contributed by atoms with E-state index >= 15 is 8.78 Å².